The smallest absolute Gasteiger partial charge is 0.306 e. The Morgan fingerprint density at radius 2 is 1.79 bits per heavy atom. The predicted octanol–water partition coefficient (Wildman–Crippen LogP) is 5.79. The molecule has 1 amide bonds. The van der Waals surface area contributed by atoms with Crippen molar-refractivity contribution in [1.29, 1.82) is 0 Å². The number of amides is 1. The van der Waals surface area contributed by atoms with Gasteiger partial charge >= 0.3 is 5.97 Å². The van der Waals surface area contributed by atoms with Crippen LogP contribution in [0.25, 0.3) is 10.4 Å². The first kappa shape index (κ1) is 31.9. The highest BCUT2D eigenvalue weighted by molar-refractivity contribution is 6.03. The van der Waals surface area contributed by atoms with Gasteiger partial charge in [0.05, 0.1) is 31.6 Å². The van der Waals surface area contributed by atoms with E-state index in [1.54, 1.807) is 18.9 Å². The maximum Gasteiger partial charge on any atom is 0.306 e. The molecule has 11 nitrogen and oxygen atoms in total. The van der Waals surface area contributed by atoms with Crippen LogP contribution >= 0.6 is 0 Å². The second-order valence-corrected chi connectivity index (χ2v) is 10.4. The summed E-state index contributed by atoms with van der Waals surface area (Å²) in [5, 5.41) is 3.89. The molecule has 1 fully saturated rings. The summed E-state index contributed by atoms with van der Waals surface area (Å²) in [5.74, 6) is 0.182. The zero-order chi connectivity index (χ0) is 29.0. The summed E-state index contributed by atoms with van der Waals surface area (Å²) in [4.78, 5) is 30.6. The fourth-order valence-electron chi connectivity index (χ4n) is 4.32. The van der Waals surface area contributed by atoms with Gasteiger partial charge in [-0.25, -0.2) is 0 Å². The summed E-state index contributed by atoms with van der Waals surface area (Å²) in [6.07, 6.45) is 4.90. The topological polar surface area (TPSA) is 132 Å². The van der Waals surface area contributed by atoms with E-state index in [1.165, 1.54) is 7.11 Å². The highest BCUT2D eigenvalue weighted by Gasteiger charge is 2.31. The van der Waals surface area contributed by atoms with Crippen molar-refractivity contribution in [2.75, 3.05) is 47.3 Å². The van der Waals surface area contributed by atoms with Gasteiger partial charge in [-0.3, -0.25) is 9.59 Å². The fourth-order valence-corrected chi connectivity index (χ4v) is 4.32. The molecule has 0 radical (unpaired) electrons. The quantitative estimate of drug-likeness (QED) is 0.0548. The number of allylic oxidation sites excluding steroid dienone is 2. The zero-order valence-corrected chi connectivity index (χ0v) is 24.3. The molecule has 39 heavy (non-hydrogen) atoms. The van der Waals surface area contributed by atoms with Gasteiger partial charge in [0, 0.05) is 42.7 Å². The number of azide groups is 1. The molecule has 0 atom stereocenters. The molecule has 0 aromatic heterocycles. The number of rotatable bonds is 14. The van der Waals surface area contributed by atoms with Crippen LogP contribution in [-0.2, 0) is 25.4 Å². The molecule has 11 heteroatoms. The molecule has 0 unspecified atom stereocenters. The third-order valence-corrected chi connectivity index (χ3v) is 6.18. The van der Waals surface area contributed by atoms with Crippen LogP contribution in [0.2, 0.25) is 0 Å². The third-order valence-electron chi connectivity index (χ3n) is 6.18. The largest absolute Gasteiger partial charge is 0.496 e. The lowest BCUT2D eigenvalue weighted by molar-refractivity contribution is -0.154. The van der Waals surface area contributed by atoms with Gasteiger partial charge in [-0.2, -0.15) is 0 Å². The fraction of sp³-hybridized carbons (Fsp3) is 0.643. The van der Waals surface area contributed by atoms with Gasteiger partial charge in [-0.05, 0) is 65.8 Å². The Balaban J connectivity index is 2.51. The lowest BCUT2D eigenvalue weighted by atomic mass is 9.96. The van der Waals surface area contributed by atoms with E-state index in [0.717, 1.165) is 18.4 Å². The average molecular weight is 547 g/mol. The van der Waals surface area contributed by atoms with Crippen molar-refractivity contribution >= 4 is 17.6 Å². The summed E-state index contributed by atoms with van der Waals surface area (Å²) in [7, 11) is 3.09. The average Bonchev–Trinajstić information content (AvgIpc) is 3.42. The van der Waals surface area contributed by atoms with Gasteiger partial charge < -0.3 is 28.6 Å². The van der Waals surface area contributed by atoms with Gasteiger partial charge in [-0.15, -0.1) is 0 Å². The Kier molecular flexibility index (Phi) is 12.6. The Hall–Kier alpha value is -3.27. The zero-order valence-electron chi connectivity index (χ0n) is 24.3. The number of ether oxygens (including phenoxy) is 5. The van der Waals surface area contributed by atoms with Crippen LogP contribution < -0.4 is 9.47 Å². The highest BCUT2D eigenvalue weighted by atomic mass is 16.7. The Bertz CT molecular complexity index is 1080. The molecule has 0 saturated carbocycles. The highest BCUT2D eigenvalue weighted by Crippen LogP contribution is 2.45. The SMILES string of the molecule is COCCOCOc1c(C/C=C(\C)CCC(=O)OC(C)(C)C)c(OC)c(C)c(N=[N+]=[N-])c1C(=O)N1CCCC1. The van der Waals surface area contributed by atoms with Crippen LogP contribution in [0.1, 0.15) is 74.9 Å². The molecule has 1 aliphatic heterocycles. The van der Waals surface area contributed by atoms with E-state index < -0.39 is 5.60 Å². The molecule has 0 aliphatic carbocycles. The van der Waals surface area contributed by atoms with Gasteiger partial charge in [-0.1, -0.05) is 16.8 Å². The van der Waals surface area contributed by atoms with Crippen molar-refractivity contribution in [2.24, 2.45) is 5.11 Å². The second kappa shape index (κ2) is 15.4. The molecular weight excluding hydrogens is 504 g/mol. The molecule has 1 aromatic carbocycles. The first-order chi connectivity index (χ1) is 18.5. The lowest BCUT2D eigenvalue weighted by Gasteiger charge is -2.25. The van der Waals surface area contributed by atoms with Gasteiger partial charge in [0.1, 0.15) is 17.1 Å². The summed E-state index contributed by atoms with van der Waals surface area (Å²) in [6.45, 7) is 11.0. The van der Waals surface area contributed by atoms with Gasteiger partial charge in [0.2, 0.25) is 0 Å². The van der Waals surface area contributed by atoms with Crippen LogP contribution in [0, 0.1) is 6.92 Å². The van der Waals surface area contributed by atoms with E-state index in [9.17, 15) is 15.1 Å². The van der Waals surface area contributed by atoms with Crippen molar-refractivity contribution in [1.82, 2.24) is 4.90 Å². The molecule has 1 heterocycles. The van der Waals surface area contributed by atoms with Gasteiger partial charge in [0.15, 0.2) is 6.79 Å². The van der Waals surface area contributed by atoms with Crippen molar-refractivity contribution in [3.8, 4) is 11.5 Å². The van der Waals surface area contributed by atoms with Crippen molar-refractivity contribution in [3.05, 3.63) is 38.8 Å². The van der Waals surface area contributed by atoms with E-state index in [0.29, 0.717) is 56.0 Å². The number of nitrogens with zero attached hydrogens (tertiary/aromatic N) is 4. The third kappa shape index (κ3) is 9.45. The minimum Gasteiger partial charge on any atom is -0.496 e. The maximum atomic E-state index is 13.7. The Morgan fingerprint density at radius 3 is 2.38 bits per heavy atom. The Labute approximate surface area is 231 Å². The number of likely N-dealkylation sites (tertiary alicyclic amines) is 1. The standard InChI is InChI=1S/C28H42N4O7/c1-19(11-13-22(33)39-28(3,4)5)10-12-21-25(36-7)20(2)24(30-31-29)23(27(34)32-14-8-9-15-32)26(21)38-18-37-17-16-35-6/h10H,8-9,11-18H2,1-7H3/b19-10+. The molecule has 0 spiro atoms. The van der Waals surface area contributed by atoms with Crippen LogP contribution in [0.4, 0.5) is 5.69 Å². The van der Waals surface area contributed by atoms with Crippen LogP contribution in [0.5, 0.6) is 11.5 Å². The van der Waals surface area contributed by atoms with Crippen LogP contribution in [0.3, 0.4) is 0 Å². The minimum atomic E-state index is -0.539. The monoisotopic (exact) mass is 546 g/mol. The van der Waals surface area contributed by atoms with Crippen LogP contribution in [-0.4, -0.2) is 69.7 Å². The summed E-state index contributed by atoms with van der Waals surface area (Å²) in [6, 6.07) is 0. The lowest BCUT2D eigenvalue weighted by Crippen LogP contribution is -2.29. The first-order valence-electron chi connectivity index (χ1n) is 13.2. The number of hydrogen-bond acceptors (Lipinski definition) is 8. The van der Waals surface area contributed by atoms with E-state index in [2.05, 4.69) is 10.0 Å². The molecule has 0 bridgehead atoms. The molecule has 1 aromatic rings. The van der Waals surface area contributed by atoms with Crippen LogP contribution in [0.15, 0.2) is 16.8 Å². The molecular formula is C28H42N4O7. The van der Waals surface area contributed by atoms with E-state index >= 15 is 0 Å². The Morgan fingerprint density at radius 1 is 1.10 bits per heavy atom. The number of esters is 1. The summed E-state index contributed by atoms with van der Waals surface area (Å²) < 4.78 is 27.8. The molecule has 216 valence electrons. The van der Waals surface area contributed by atoms with Crippen molar-refractivity contribution in [2.45, 2.75) is 72.3 Å². The minimum absolute atomic E-state index is 0.139. The number of carbonyl (C=O) groups is 2. The molecule has 0 N–H and O–H groups in total. The normalized spacial score (nSPS) is 13.7. The van der Waals surface area contributed by atoms with Crippen molar-refractivity contribution < 1.29 is 33.3 Å². The number of methoxy groups -OCH3 is 2. The van der Waals surface area contributed by atoms with E-state index in [1.807, 2.05) is 33.8 Å². The molecule has 2 rings (SSSR count). The second-order valence-electron chi connectivity index (χ2n) is 10.4. The predicted molar refractivity (Wildman–Crippen MR) is 148 cm³/mol. The summed E-state index contributed by atoms with van der Waals surface area (Å²) >= 11 is 0. The molecule has 1 saturated heterocycles. The van der Waals surface area contributed by atoms with Gasteiger partial charge in [0.25, 0.3) is 5.91 Å². The number of carbonyl (C=O) groups excluding carboxylic acids is 2. The van der Waals surface area contributed by atoms with E-state index in [4.69, 9.17) is 23.7 Å². The number of hydrogen-bond donors (Lipinski definition) is 0. The first-order valence-corrected chi connectivity index (χ1v) is 13.2. The maximum absolute atomic E-state index is 13.7. The van der Waals surface area contributed by atoms with Crippen molar-refractivity contribution in [3.63, 3.8) is 0 Å². The molecule has 1 aliphatic rings. The number of benzene rings is 1. The summed E-state index contributed by atoms with van der Waals surface area (Å²) in [5.41, 5.74) is 11.3. The van der Waals surface area contributed by atoms with E-state index in [-0.39, 0.29) is 42.1 Å².